The van der Waals surface area contributed by atoms with Crippen molar-refractivity contribution in [3.63, 3.8) is 0 Å². The highest BCUT2D eigenvalue weighted by Crippen LogP contribution is 2.36. The SMILES string of the molecule is CC(C)(C)c1ccnc(-n2c3ccccc3c3ccc(Oc4ccc5ncc6cn(-c7ccccc7)[c-][n+]6c5c4)cc32)c1. The van der Waals surface area contributed by atoms with Gasteiger partial charge in [0.1, 0.15) is 17.3 Å². The number of imidazole rings is 1. The summed E-state index contributed by atoms with van der Waals surface area (Å²) >= 11 is 0. The van der Waals surface area contributed by atoms with Crippen LogP contribution in [0.2, 0.25) is 0 Å². The maximum absolute atomic E-state index is 6.50. The molecule has 0 aliphatic carbocycles. The van der Waals surface area contributed by atoms with Gasteiger partial charge < -0.3 is 4.74 Å². The first kappa shape index (κ1) is 25.2. The summed E-state index contributed by atoms with van der Waals surface area (Å²) in [6, 6.07) is 35.2. The molecule has 4 heterocycles. The van der Waals surface area contributed by atoms with Crippen molar-refractivity contribution in [1.82, 2.24) is 19.1 Å². The van der Waals surface area contributed by atoms with Gasteiger partial charge in [-0.3, -0.25) is 18.5 Å². The van der Waals surface area contributed by atoms with Crippen LogP contribution in [0, 0.1) is 6.33 Å². The average molecular weight is 560 g/mol. The van der Waals surface area contributed by atoms with Gasteiger partial charge in [0, 0.05) is 35.4 Å². The zero-order valence-corrected chi connectivity index (χ0v) is 24.2. The Morgan fingerprint density at radius 1 is 0.744 bits per heavy atom. The van der Waals surface area contributed by atoms with Crippen molar-refractivity contribution in [3.8, 4) is 23.0 Å². The molecule has 0 aliphatic rings. The lowest BCUT2D eigenvalue weighted by Gasteiger charge is -2.20. The van der Waals surface area contributed by atoms with E-state index >= 15 is 0 Å². The van der Waals surface area contributed by atoms with Gasteiger partial charge in [-0.15, -0.1) is 0 Å². The molecular formula is C37H29N5O. The first-order valence-electron chi connectivity index (χ1n) is 14.4. The molecule has 8 rings (SSSR count). The van der Waals surface area contributed by atoms with Crippen LogP contribution >= 0.6 is 0 Å². The van der Waals surface area contributed by atoms with Crippen molar-refractivity contribution >= 4 is 38.4 Å². The van der Waals surface area contributed by atoms with Crippen molar-refractivity contribution in [3.05, 3.63) is 134 Å². The van der Waals surface area contributed by atoms with E-state index in [0.717, 1.165) is 56.0 Å². The summed E-state index contributed by atoms with van der Waals surface area (Å²) in [7, 11) is 0. The van der Waals surface area contributed by atoms with Gasteiger partial charge in [0.15, 0.2) is 0 Å². The molecule has 0 saturated heterocycles. The first-order chi connectivity index (χ1) is 20.9. The van der Waals surface area contributed by atoms with Gasteiger partial charge in [0.05, 0.1) is 33.3 Å². The molecule has 0 amide bonds. The summed E-state index contributed by atoms with van der Waals surface area (Å²) in [5.74, 6) is 2.37. The third-order valence-electron chi connectivity index (χ3n) is 8.01. The number of fused-ring (bicyclic) bond motifs is 6. The zero-order valence-electron chi connectivity index (χ0n) is 24.2. The quantitative estimate of drug-likeness (QED) is 0.162. The Kier molecular flexibility index (Phi) is 5.59. The number of hydrogen-bond acceptors (Lipinski definition) is 3. The standard InChI is InChI=1S/C37H29N5O/c1-37(2,3)25-17-18-38-36(19-25)42-33-12-8-7-11-30(33)31-15-13-28(20-34(31)42)43-29-14-16-32-35(21-29)41-24-40(23-27(41)22-39-32)26-9-5-4-6-10-26/h4-23H,1-3H3. The van der Waals surface area contributed by atoms with Crippen LogP contribution in [0.1, 0.15) is 26.3 Å². The normalized spacial score (nSPS) is 12.1. The number of ether oxygens (including phenoxy) is 1. The first-order valence-corrected chi connectivity index (χ1v) is 14.4. The number of nitrogens with zero attached hydrogens (tertiary/aromatic N) is 5. The van der Waals surface area contributed by atoms with Gasteiger partial charge in [-0.2, -0.15) is 0 Å². The minimum absolute atomic E-state index is 0.0125. The molecule has 0 aliphatic heterocycles. The largest absolute Gasteiger partial charge is 0.458 e. The van der Waals surface area contributed by atoms with E-state index in [1.807, 2.05) is 70.0 Å². The maximum atomic E-state index is 6.50. The van der Waals surface area contributed by atoms with Crippen LogP contribution in [0.15, 0.2) is 122 Å². The minimum atomic E-state index is 0.0125. The molecule has 0 unspecified atom stereocenters. The van der Waals surface area contributed by atoms with Gasteiger partial charge in [-0.1, -0.05) is 57.2 Å². The Balaban J connectivity index is 1.24. The number of rotatable bonds is 4. The van der Waals surface area contributed by atoms with E-state index in [0.29, 0.717) is 0 Å². The fourth-order valence-electron chi connectivity index (χ4n) is 5.78. The number of para-hydroxylation sites is 2. The van der Waals surface area contributed by atoms with Crippen LogP contribution in [0.4, 0.5) is 0 Å². The topological polar surface area (TPSA) is 49.0 Å². The molecular weight excluding hydrogens is 530 g/mol. The number of benzene rings is 4. The lowest BCUT2D eigenvalue weighted by molar-refractivity contribution is -0.487. The summed E-state index contributed by atoms with van der Waals surface area (Å²) < 4.78 is 12.7. The molecule has 4 aromatic carbocycles. The number of aromatic nitrogens is 5. The van der Waals surface area contributed by atoms with E-state index in [1.165, 1.54) is 10.9 Å². The summed E-state index contributed by atoms with van der Waals surface area (Å²) in [5, 5.41) is 2.34. The lowest BCUT2D eigenvalue weighted by Crippen LogP contribution is -2.21. The Bertz CT molecular complexity index is 2310. The number of hydrogen-bond donors (Lipinski definition) is 0. The molecule has 208 valence electrons. The molecule has 0 bridgehead atoms. The van der Waals surface area contributed by atoms with Gasteiger partial charge in [-0.25, -0.2) is 4.98 Å². The maximum Gasteiger partial charge on any atom is 0.269 e. The molecule has 6 nitrogen and oxygen atoms in total. The van der Waals surface area contributed by atoms with Gasteiger partial charge in [0.2, 0.25) is 0 Å². The summed E-state index contributed by atoms with van der Waals surface area (Å²) in [5.41, 5.74) is 7.19. The predicted octanol–water partition coefficient (Wildman–Crippen LogP) is 8.15. The minimum Gasteiger partial charge on any atom is -0.458 e. The molecule has 8 aromatic rings. The molecule has 0 saturated carbocycles. The molecule has 6 heteroatoms. The van der Waals surface area contributed by atoms with Crippen LogP contribution in [0.25, 0.3) is 49.9 Å². The molecule has 0 N–H and O–H groups in total. The second kappa shape index (κ2) is 9.53. The monoisotopic (exact) mass is 559 g/mol. The Morgan fingerprint density at radius 2 is 1.51 bits per heavy atom. The fraction of sp³-hybridized carbons (Fsp3) is 0.108. The van der Waals surface area contributed by atoms with E-state index in [1.54, 1.807) is 0 Å². The van der Waals surface area contributed by atoms with Gasteiger partial charge in [0.25, 0.3) is 6.33 Å². The molecule has 0 atom stereocenters. The highest BCUT2D eigenvalue weighted by Gasteiger charge is 2.18. The van der Waals surface area contributed by atoms with Gasteiger partial charge in [-0.05, 0) is 71.6 Å². The second-order valence-corrected chi connectivity index (χ2v) is 11.9. The summed E-state index contributed by atoms with van der Waals surface area (Å²) in [4.78, 5) is 9.48. The third-order valence-corrected chi connectivity index (χ3v) is 8.01. The molecule has 0 spiro atoms. The Hall–Kier alpha value is -5.49. The van der Waals surface area contributed by atoms with Crippen molar-refractivity contribution < 1.29 is 9.14 Å². The van der Waals surface area contributed by atoms with E-state index in [4.69, 9.17) is 9.72 Å². The van der Waals surface area contributed by atoms with E-state index in [-0.39, 0.29) is 5.41 Å². The van der Waals surface area contributed by atoms with E-state index < -0.39 is 0 Å². The van der Waals surface area contributed by atoms with Crippen molar-refractivity contribution in [2.45, 2.75) is 26.2 Å². The van der Waals surface area contributed by atoms with Gasteiger partial charge >= 0.3 is 0 Å². The van der Waals surface area contributed by atoms with Crippen LogP contribution in [0.5, 0.6) is 11.5 Å². The van der Waals surface area contributed by atoms with Crippen LogP contribution in [-0.4, -0.2) is 19.1 Å². The molecule has 0 radical (unpaired) electrons. The van der Waals surface area contributed by atoms with Crippen molar-refractivity contribution in [1.29, 1.82) is 0 Å². The average Bonchev–Trinajstić information content (AvgIpc) is 3.61. The van der Waals surface area contributed by atoms with E-state index in [9.17, 15) is 0 Å². The van der Waals surface area contributed by atoms with Crippen LogP contribution in [-0.2, 0) is 5.41 Å². The molecule has 4 aromatic heterocycles. The molecule has 43 heavy (non-hydrogen) atoms. The summed E-state index contributed by atoms with van der Waals surface area (Å²) in [6.45, 7) is 6.68. The zero-order chi connectivity index (χ0) is 29.1. The fourth-order valence-corrected chi connectivity index (χ4v) is 5.78. The third kappa shape index (κ3) is 4.30. The van der Waals surface area contributed by atoms with Crippen LogP contribution in [0.3, 0.4) is 0 Å². The highest BCUT2D eigenvalue weighted by atomic mass is 16.5. The van der Waals surface area contributed by atoms with E-state index in [2.05, 4.69) is 97.3 Å². The molecule has 0 fully saturated rings. The van der Waals surface area contributed by atoms with Crippen LogP contribution < -0.4 is 9.14 Å². The summed E-state index contributed by atoms with van der Waals surface area (Å²) in [6.07, 6.45) is 9.26. The Labute approximate surface area is 249 Å². The second-order valence-electron chi connectivity index (χ2n) is 11.9. The predicted molar refractivity (Wildman–Crippen MR) is 170 cm³/mol. The Morgan fingerprint density at radius 3 is 2.37 bits per heavy atom. The smallest absolute Gasteiger partial charge is 0.269 e. The highest BCUT2D eigenvalue weighted by molar-refractivity contribution is 6.09. The van der Waals surface area contributed by atoms with Crippen molar-refractivity contribution in [2.75, 3.05) is 0 Å². The number of pyridine rings is 1. The van der Waals surface area contributed by atoms with Crippen molar-refractivity contribution in [2.24, 2.45) is 0 Å². The lowest BCUT2D eigenvalue weighted by atomic mass is 9.88.